The third-order valence-corrected chi connectivity index (χ3v) is 5.77. The fraction of sp³-hybridized carbons (Fsp3) is 0.278. The summed E-state index contributed by atoms with van der Waals surface area (Å²) in [6.07, 6.45) is 2.72. The van der Waals surface area contributed by atoms with Gasteiger partial charge in [-0.15, -0.1) is 11.3 Å². The summed E-state index contributed by atoms with van der Waals surface area (Å²) in [7, 11) is 0. The third-order valence-electron chi connectivity index (χ3n) is 3.92. The van der Waals surface area contributed by atoms with Crippen LogP contribution < -0.4 is 10.9 Å². The number of thiophene rings is 1. The summed E-state index contributed by atoms with van der Waals surface area (Å²) in [5, 5.41) is 4.01. The highest BCUT2D eigenvalue weighted by atomic mass is 32.2. The lowest BCUT2D eigenvalue weighted by Gasteiger charge is -2.12. The molecule has 0 radical (unpaired) electrons. The van der Waals surface area contributed by atoms with Crippen LogP contribution in [0.25, 0.3) is 10.2 Å². The molecule has 0 spiro atoms. The molecule has 25 heavy (non-hydrogen) atoms. The summed E-state index contributed by atoms with van der Waals surface area (Å²) in [6.45, 7) is 3.93. The minimum atomic E-state index is -0.237. The minimum Gasteiger partial charge on any atom is -0.324 e. The van der Waals surface area contributed by atoms with E-state index in [-0.39, 0.29) is 18.0 Å². The molecule has 3 rings (SSSR count). The molecule has 7 heteroatoms. The molecule has 1 aromatic carbocycles. The number of aryl methyl sites for hydroxylation is 2. The number of nitrogens with zero attached hydrogens (tertiary/aromatic N) is 2. The zero-order chi connectivity index (χ0) is 18.0. The first-order chi connectivity index (χ1) is 12.0. The first-order valence-electron chi connectivity index (χ1n) is 7.96. The van der Waals surface area contributed by atoms with Gasteiger partial charge in [0, 0.05) is 10.6 Å². The van der Waals surface area contributed by atoms with E-state index in [1.54, 1.807) is 0 Å². The summed E-state index contributed by atoms with van der Waals surface area (Å²) in [5.41, 5.74) is 1.57. The summed E-state index contributed by atoms with van der Waals surface area (Å²) in [4.78, 5) is 31.7. The summed E-state index contributed by atoms with van der Waals surface area (Å²) in [5.74, 6) is -0.237. The van der Waals surface area contributed by atoms with Crippen molar-refractivity contribution in [2.75, 3.05) is 11.6 Å². The highest BCUT2D eigenvalue weighted by molar-refractivity contribution is 7.98. The summed E-state index contributed by atoms with van der Waals surface area (Å²) < 4.78 is 1.45. The van der Waals surface area contributed by atoms with Gasteiger partial charge in [0.05, 0.1) is 5.39 Å². The molecule has 0 aliphatic carbocycles. The monoisotopic (exact) mass is 373 g/mol. The maximum Gasteiger partial charge on any atom is 0.263 e. The molecule has 3 aromatic rings. The minimum absolute atomic E-state index is 0.0520. The molecule has 0 unspecified atom stereocenters. The number of fused-ring (bicyclic) bond motifs is 1. The smallest absolute Gasteiger partial charge is 0.263 e. The molecule has 1 N–H and O–H groups in total. The maximum atomic E-state index is 12.8. The van der Waals surface area contributed by atoms with Crippen LogP contribution in [0.3, 0.4) is 0 Å². The Bertz CT molecular complexity index is 992. The van der Waals surface area contributed by atoms with Gasteiger partial charge in [-0.1, -0.05) is 36.9 Å². The van der Waals surface area contributed by atoms with Gasteiger partial charge in [0.15, 0.2) is 5.16 Å². The first kappa shape index (κ1) is 17.7. The van der Waals surface area contributed by atoms with E-state index in [0.717, 1.165) is 27.4 Å². The summed E-state index contributed by atoms with van der Waals surface area (Å²) >= 11 is 2.91. The number of hydrogen-bond acceptors (Lipinski definition) is 5. The van der Waals surface area contributed by atoms with Crippen molar-refractivity contribution in [1.82, 2.24) is 9.55 Å². The van der Waals surface area contributed by atoms with Crippen LogP contribution in [0.2, 0.25) is 0 Å². The first-order valence-corrected chi connectivity index (χ1v) is 10.00. The largest absolute Gasteiger partial charge is 0.324 e. The quantitative estimate of drug-likeness (QED) is 0.547. The van der Waals surface area contributed by atoms with E-state index in [1.807, 2.05) is 50.4 Å². The van der Waals surface area contributed by atoms with Crippen molar-refractivity contribution >= 4 is 44.9 Å². The van der Waals surface area contributed by atoms with Crippen molar-refractivity contribution in [2.45, 2.75) is 32.0 Å². The van der Waals surface area contributed by atoms with Gasteiger partial charge < -0.3 is 5.32 Å². The van der Waals surface area contributed by atoms with Gasteiger partial charge in [-0.3, -0.25) is 14.2 Å². The molecule has 2 heterocycles. The van der Waals surface area contributed by atoms with Crippen molar-refractivity contribution in [3.05, 3.63) is 51.1 Å². The molecule has 5 nitrogen and oxygen atoms in total. The summed E-state index contributed by atoms with van der Waals surface area (Å²) in [6, 6.07) is 9.45. The SMILES string of the molecule is CCc1cc2c(=O)n(CC(=O)Nc3ccccc3C)c(SC)nc2s1. The average molecular weight is 374 g/mol. The zero-order valence-corrected chi connectivity index (χ0v) is 16.0. The van der Waals surface area contributed by atoms with Gasteiger partial charge in [0.1, 0.15) is 11.4 Å². The van der Waals surface area contributed by atoms with E-state index in [9.17, 15) is 9.59 Å². The molecule has 2 aromatic heterocycles. The lowest BCUT2D eigenvalue weighted by molar-refractivity contribution is -0.116. The number of carbonyl (C=O) groups is 1. The number of hydrogen-bond donors (Lipinski definition) is 1. The maximum absolute atomic E-state index is 12.8. The van der Waals surface area contributed by atoms with Crippen molar-refractivity contribution in [3.8, 4) is 0 Å². The Balaban J connectivity index is 1.94. The van der Waals surface area contributed by atoms with E-state index in [4.69, 9.17) is 0 Å². The highest BCUT2D eigenvalue weighted by Crippen LogP contribution is 2.24. The second-order valence-corrected chi connectivity index (χ2v) is 7.53. The fourth-order valence-corrected chi connectivity index (χ4v) is 4.13. The van der Waals surface area contributed by atoms with E-state index < -0.39 is 0 Å². The standard InChI is InChI=1S/C18H19N3O2S2/c1-4-12-9-13-16(25-12)20-18(24-3)21(17(13)23)10-15(22)19-14-8-6-5-7-11(14)2/h5-9H,4,10H2,1-3H3,(H,19,22). The van der Waals surface area contributed by atoms with Gasteiger partial charge in [0.25, 0.3) is 5.56 Å². The molecule has 0 aliphatic rings. The molecule has 0 saturated carbocycles. The van der Waals surface area contributed by atoms with Crippen molar-refractivity contribution in [1.29, 1.82) is 0 Å². The van der Waals surface area contributed by atoms with E-state index in [2.05, 4.69) is 10.3 Å². The van der Waals surface area contributed by atoms with Gasteiger partial charge in [-0.25, -0.2) is 4.98 Å². The second kappa shape index (κ2) is 7.41. The number of para-hydroxylation sites is 1. The van der Waals surface area contributed by atoms with Gasteiger partial charge in [0.2, 0.25) is 5.91 Å². The third kappa shape index (κ3) is 3.62. The van der Waals surface area contributed by atoms with Gasteiger partial charge >= 0.3 is 0 Å². The Kier molecular flexibility index (Phi) is 5.24. The van der Waals surface area contributed by atoms with Crippen LogP contribution in [0.4, 0.5) is 5.69 Å². The Morgan fingerprint density at radius 2 is 2.12 bits per heavy atom. The predicted octanol–water partition coefficient (Wildman–Crippen LogP) is 3.69. The van der Waals surface area contributed by atoms with Gasteiger partial charge in [-0.2, -0.15) is 0 Å². The Morgan fingerprint density at radius 1 is 1.36 bits per heavy atom. The Labute approximate surface area is 154 Å². The van der Waals surface area contributed by atoms with E-state index >= 15 is 0 Å². The average Bonchev–Trinajstić information content (AvgIpc) is 3.03. The number of thioether (sulfide) groups is 1. The normalized spacial score (nSPS) is 11.0. The Hall–Kier alpha value is -2.12. The van der Waals surface area contributed by atoms with E-state index in [0.29, 0.717) is 10.5 Å². The predicted molar refractivity (Wildman–Crippen MR) is 105 cm³/mol. The molecule has 0 atom stereocenters. The molecule has 0 aliphatic heterocycles. The molecule has 130 valence electrons. The fourth-order valence-electron chi connectivity index (χ4n) is 2.56. The van der Waals surface area contributed by atoms with Gasteiger partial charge in [-0.05, 0) is 37.3 Å². The highest BCUT2D eigenvalue weighted by Gasteiger charge is 2.16. The molecule has 0 saturated heterocycles. The number of rotatable bonds is 5. The van der Waals surface area contributed by atoms with Crippen LogP contribution in [0.15, 0.2) is 40.3 Å². The number of aromatic nitrogens is 2. The zero-order valence-electron chi connectivity index (χ0n) is 14.3. The van der Waals surface area contributed by atoms with Crippen LogP contribution in [-0.2, 0) is 17.8 Å². The lowest BCUT2D eigenvalue weighted by atomic mass is 10.2. The van der Waals surface area contributed by atoms with Crippen LogP contribution in [0.5, 0.6) is 0 Å². The van der Waals surface area contributed by atoms with Crippen LogP contribution in [-0.4, -0.2) is 21.7 Å². The molecule has 1 amide bonds. The molecule has 0 bridgehead atoms. The lowest BCUT2D eigenvalue weighted by Crippen LogP contribution is -2.29. The molecular formula is C18H19N3O2S2. The number of nitrogens with one attached hydrogen (secondary N) is 1. The number of amides is 1. The van der Waals surface area contributed by atoms with Crippen LogP contribution in [0.1, 0.15) is 17.4 Å². The van der Waals surface area contributed by atoms with Crippen LogP contribution >= 0.6 is 23.1 Å². The van der Waals surface area contributed by atoms with Crippen molar-refractivity contribution in [3.63, 3.8) is 0 Å². The Morgan fingerprint density at radius 3 is 2.80 bits per heavy atom. The number of benzene rings is 1. The second-order valence-electron chi connectivity index (χ2n) is 5.64. The van der Waals surface area contributed by atoms with Crippen molar-refractivity contribution in [2.24, 2.45) is 0 Å². The number of carbonyl (C=O) groups excluding carboxylic acids is 1. The molecular weight excluding hydrogens is 354 g/mol. The van der Waals surface area contributed by atoms with Crippen LogP contribution in [0, 0.1) is 6.92 Å². The molecule has 0 fully saturated rings. The van der Waals surface area contributed by atoms with Crippen molar-refractivity contribution < 1.29 is 4.79 Å². The number of anilines is 1. The topological polar surface area (TPSA) is 64.0 Å². The van der Waals surface area contributed by atoms with E-state index in [1.165, 1.54) is 27.7 Å².